The van der Waals surface area contributed by atoms with Gasteiger partial charge in [0, 0.05) is 32.8 Å². The molecule has 0 aliphatic rings. The van der Waals surface area contributed by atoms with Crippen LogP contribution in [0, 0.1) is 11.3 Å². The number of nitrogens with one attached hydrogen (secondary N) is 1. The van der Waals surface area contributed by atoms with Gasteiger partial charge >= 0.3 is 5.97 Å². The molecule has 0 rings (SSSR count). The lowest BCUT2D eigenvalue weighted by Gasteiger charge is -2.12. The molecule has 0 fully saturated rings. The topological polar surface area (TPSA) is 114 Å². The number of hydrogen-bond acceptors (Lipinski definition) is 5. The molecule has 0 atom stereocenters. The maximum absolute atomic E-state index is 11.5. The molecule has 0 aromatic heterocycles. The summed E-state index contributed by atoms with van der Waals surface area (Å²) in [6.07, 6.45) is 1.62. The number of likely N-dealkylation sites (N-methyl/N-ethyl adjacent to an activating group) is 1. The number of rotatable bonds is 8. The van der Waals surface area contributed by atoms with Crippen molar-refractivity contribution >= 4 is 11.9 Å². The third-order valence-electron chi connectivity index (χ3n) is 2.02. The number of amides is 1. The molecule has 1 amide bonds. The number of carboxylic acids is 1. The van der Waals surface area contributed by atoms with Crippen LogP contribution in [0.25, 0.3) is 0 Å². The fourth-order valence-corrected chi connectivity index (χ4v) is 1.12. The van der Waals surface area contributed by atoms with Gasteiger partial charge in [0.2, 0.25) is 0 Å². The highest BCUT2D eigenvalue weighted by Crippen LogP contribution is 1.96. The van der Waals surface area contributed by atoms with E-state index in [9.17, 15) is 9.59 Å². The van der Waals surface area contributed by atoms with Crippen molar-refractivity contribution < 1.29 is 19.8 Å². The van der Waals surface area contributed by atoms with Gasteiger partial charge in [0.05, 0.1) is 6.61 Å². The smallest absolute Gasteiger partial charge is 0.303 e. The number of nitriles is 1. The van der Waals surface area contributed by atoms with Gasteiger partial charge in [-0.3, -0.25) is 9.59 Å². The molecule has 0 aromatic rings. The van der Waals surface area contributed by atoms with Crippen molar-refractivity contribution in [2.45, 2.75) is 12.8 Å². The Morgan fingerprint density at radius 2 is 2.17 bits per heavy atom. The first-order valence-corrected chi connectivity index (χ1v) is 5.44. The van der Waals surface area contributed by atoms with E-state index in [-0.39, 0.29) is 25.1 Å². The molecule has 0 aromatic carbocycles. The van der Waals surface area contributed by atoms with Gasteiger partial charge in [-0.05, 0) is 6.42 Å². The summed E-state index contributed by atoms with van der Waals surface area (Å²) in [7, 11) is 1.63. The van der Waals surface area contributed by atoms with E-state index in [0.717, 1.165) is 0 Å². The van der Waals surface area contributed by atoms with Gasteiger partial charge in [-0.15, -0.1) is 0 Å². The predicted octanol–water partition coefficient (Wildman–Crippen LogP) is -0.701. The average molecular weight is 255 g/mol. The van der Waals surface area contributed by atoms with Crippen LogP contribution in [0.5, 0.6) is 0 Å². The first kappa shape index (κ1) is 15.9. The highest BCUT2D eigenvalue weighted by Gasteiger charge is 2.09. The summed E-state index contributed by atoms with van der Waals surface area (Å²) in [5.74, 6) is -1.48. The lowest BCUT2D eigenvalue weighted by molar-refractivity contribution is -0.137. The van der Waals surface area contributed by atoms with Crippen LogP contribution in [0.2, 0.25) is 0 Å². The molecular weight excluding hydrogens is 238 g/mol. The molecule has 0 bridgehead atoms. The quantitative estimate of drug-likeness (QED) is 0.300. The summed E-state index contributed by atoms with van der Waals surface area (Å²) in [5.41, 5.74) is -0.0822. The molecule has 18 heavy (non-hydrogen) atoms. The van der Waals surface area contributed by atoms with Gasteiger partial charge in [0.25, 0.3) is 5.91 Å². The standard InChI is InChI=1S/C11H17N3O4/c1-14(5-6-15)8-9(7-12)11(18)13-4-2-3-10(16)17/h8,15H,2-6H2,1H3,(H,13,18)(H,16,17)/b9-8-. The predicted molar refractivity (Wildman–Crippen MR) is 63.3 cm³/mol. The van der Waals surface area contributed by atoms with Gasteiger partial charge in [0.15, 0.2) is 0 Å². The van der Waals surface area contributed by atoms with Crippen LogP contribution in [0.3, 0.4) is 0 Å². The Kier molecular flexibility index (Phi) is 7.98. The fraction of sp³-hybridized carbons (Fsp3) is 0.545. The number of aliphatic hydroxyl groups is 1. The lowest BCUT2D eigenvalue weighted by Crippen LogP contribution is -2.27. The van der Waals surface area contributed by atoms with E-state index in [0.29, 0.717) is 13.0 Å². The van der Waals surface area contributed by atoms with E-state index in [1.54, 1.807) is 13.1 Å². The Bertz CT molecular complexity index is 360. The van der Waals surface area contributed by atoms with Gasteiger partial charge in [-0.2, -0.15) is 5.26 Å². The summed E-state index contributed by atoms with van der Waals surface area (Å²) in [6, 6.07) is 1.75. The summed E-state index contributed by atoms with van der Waals surface area (Å²) >= 11 is 0. The maximum Gasteiger partial charge on any atom is 0.303 e. The number of aliphatic hydroxyl groups excluding tert-OH is 1. The molecule has 0 spiro atoms. The Hall–Kier alpha value is -2.07. The fourth-order valence-electron chi connectivity index (χ4n) is 1.12. The number of carbonyl (C=O) groups excluding carboxylic acids is 1. The third kappa shape index (κ3) is 7.24. The van der Waals surface area contributed by atoms with Crippen LogP contribution in [-0.2, 0) is 9.59 Å². The van der Waals surface area contributed by atoms with Crippen molar-refractivity contribution in [3.63, 3.8) is 0 Å². The van der Waals surface area contributed by atoms with Crippen LogP contribution in [0.1, 0.15) is 12.8 Å². The monoisotopic (exact) mass is 255 g/mol. The van der Waals surface area contributed by atoms with Gasteiger partial charge in [0.1, 0.15) is 11.6 Å². The lowest BCUT2D eigenvalue weighted by atomic mass is 10.2. The molecular formula is C11H17N3O4. The first-order valence-electron chi connectivity index (χ1n) is 5.44. The van der Waals surface area contributed by atoms with Crippen molar-refractivity contribution in [1.29, 1.82) is 5.26 Å². The van der Waals surface area contributed by atoms with E-state index in [2.05, 4.69) is 5.32 Å². The van der Waals surface area contributed by atoms with Crippen LogP contribution in [-0.4, -0.2) is 53.7 Å². The summed E-state index contributed by atoms with van der Waals surface area (Å²) in [6.45, 7) is 0.442. The molecule has 0 unspecified atom stereocenters. The SMILES string of the molecule is CN(/C=C(/C#N)C(=O)NCCCC(=O)O)CCO. The van der Waals surface area contributed by atoms with Crippen molar-refractivity contribution in [2.24, 2.45) is 0 Å². The molecule has 7 heteroatoms. The summed E-state index contributed by atoms with van der Waals surface area (Å²) in [5, 5.41) is 28.3. The van der Waals surface area contributed by atoms with Crippen LogP contribution in [0.4, 0.5) is 0 Å². The zero-order chi connectivity index (χ0) is 14.0. The number of hydrogen-bond donors (Lipinski definition) is 3. The van der Waals surface area contributed by atoms with E-state index < -0.39 is 11.9 Å². The largest absolute Gasteiger partial charge is 0.481 e. The van der Waals surface area contributed by atoms with E-state index in [1.165, 1.54) is 11.1 Å². The highest BCUT2D eigenvalue weighted by molar-refractivity contribution is 5.97. The molecule has 0 radical (unpaired) electrons. The third-order valence-corrected chi connectivity index (χ3v) is 2.02. The second-order valence-electron chi connectivity index (χ2n) is 3.61. The molecule has 3 N–H and O–H groups in total. The van der Waals surface area contributed by atoms with Crippen LogP contribution >= 0.6 is 0 Å². The molecule has 100 valence electrons. The van der Waals surface area contributed by atoms with Crippen molar-refractivity contribution in [2.75, 3.05) is 26.7 Å². The average Bonchev–Trinajstić information content (AvgIpc) is 2.31. The van der Waals surface area contributed by atoms with E-state index in [1.807, 2.05) is 0 Å². The van der Waals surface area contributed by atoms with Gasteiger partial charge in [-0.25, -0.2) is 0 Å². The minimum Gasteiger partial charge on any atom is -0.481 e. The zero-order valence-corrected chi connectivity index (χ0v) is 10.2. The van der Waals surface area contributed by atoms with Gasteiger partial charge < -0.3 is 20.4 Å². The maximum atomic E-state index is 11.5. The molecule has 0 aliphatic heterocycles. The Morgan fingerprint density at radius 3 is 2.67 bits per heavy atom. The molecule has 0 aliphatic carbocycles. The number of aliphatic carboxylic acids is 1. The second-order valence-corrected chi connectivity index (χ2v) is 3.61. The normalized spacial score (nSPS) is 10.6. The van der Waals surface area contributed by atoms with E-state index in [4.69, 9.17) is 15.5 Å². The molecule has 0 saturated heterocycles. The highest BCUT2D eigenvalue weighted by atomic mass is 16.4. The van der Waals surface area contributed by atoms with Crippen molar-refractivity contribution in [1.82, 2.24) is 10.2 Å². The molecule has 0 saturated carbocycles. The number of nitrogens with zero attached hydrogens (tertiary/aromatic N) is 2. The van der Waals surface area contributed by atoms with Crippen LogP contribution in [0.15, 0.2) is 11.8 Å². The van der Waals surface area contributed by atoms with E-state index >= 15 is 0 Å². The number of carbonyl (C=O) groups is 2. The molecule has 0 heterocycles. The van der Waals surface area contributed by atoms with Gasteiger partial charge in [-0.1, -0.05) is 0 Å². The summed E-state index contributed by atoms with van der Waals surface area (Å²) < 4.78 is 0. The number of carboxylic acid groups (broad SMARTS) is 1. The Labute approximate surface area is 105 Å². The molecule has 7 nitrogen and oxygen atoms in total. The first-order chi connectivity index (χ1) is 8.51. The van der Waals surface area contributed by atoms with Crippen molar-refractivity contribution in [3.05, 3.63) is 11.8 Å². The summed E-state index contributed by atoms with van der Waals surface area (Å²) in [4.78, 5) is 23.3. The Morgan fingerprint density at radius 1 is 1.50 bits per heavy atom. The Balaban J connectivity index is 4.20. The minimum atomic E-state index is -0.928. The van der Waals surface area contributed by atoms with Crippen molar-refractivity contribution in [3.8, 4) is 6.07 Å². The zero-order valence-electron chi connectivity index (χ0n) is 10.2. The van der Waals surface area contributed by atoms with Crippen LogP contribution < -0.4 is 5.32 Å². The second kappa shape index (κ2) is 9.01. The minimum absolute atomic E-state index is 0.0315.